The largest absolute Gasteiger partial charge is 0.283 e. The first kappa shape index (κ1) is 17.5. The van der Waals surface area contributed by atoms with E-state index in [-0.39, 0.29) is 0 Å². The summed E-state index contributed by atoms with van der Waals surface area (Å²) in [6, 6.07) is 14.4. The van der Waals surface area contributed by atoms with Crippen molar-refractivity contribution in [2.75, 3.05) is 4.90 Å². The molecule has 0 radical (unpaired) electrons. The van der Waals surface area contributed by atoms with Crippen LogP contribution in [0.2, 0.25) is 0 Å². The highest BCUT2D eigenvalue weighted by molar-refractivity contribution is 5.92. The molecule has 2 aromatic rings. The molecule has 0 spiro atoms. The maximum Gasteiger partial charge on any atom is 0.218 e. The highest BCUT2D eigenvalue weighted by atomic mass is 16.1. The van der Waals surface area contributed by atoms with Crippen LogP contribution in [0.25, 0.3) is 5.57 Å². The number of hydrogen-bond acceptors (Lipinski definition) is 1. The second-order valence-corrected chi connectivity index (χ2v) is 7.19. The third kappa shape index (κ3) is 3.84. The topological polar surface area (TPSA) is 20.3 Å². The smallest absolute Gasteiger partial charge is 0.218 e. The van der Waals surface area contributed by atoms with Gasteiger partial charge in [0.05, 0.1) is 5.69 Å². The Morgan fingerprint density at radius 3 is 2.28 bits per heavy atom. The van der Waals surface area contributed by atoms with E-state index in [0.29, 0.717) is 5.92 Å². The standard InChI is InChI=1S/C23H27NO/c1-17-9-12-21(13-10-17)24(16-25)23-15-18(2)11-14-22(23)19(3)20-7-5-4-6-8-20/h9-16,20H,3-8H2,1-2H3. The molecule has 0 N–H and O–H groups in total. The Kier molecular flexibility index (Phi) is 5.37. The SMILES string of the molecule is C=C(c1ccc(C)cc1N(C=O)c1ccc(C)cc1)C1CCCCC1. The second-order valence-electron chi connectivity index (χ2n) is 7.19. The Labute approximate surface area is 151 Å². The lowest BCUT2D eigenvalue weighted by molar-refractivity contribution is -0.106. The number of aryl methyl sites for hydroxylation is 2. The van der Waals surface area contributed by atoms with Crippen molar-refractivity contribution in [2.24, 2.45) is 5.92 Å². The lowest BCUT2D eigenvalue weighted by atomic mass is 9.81. The molecular formula is C23H27NO. The van der Waals surface area contributed by atoms with Crippen LogP contribution in [0, 0.1) is 19.8 Å². The Bertz CT molecular complexity index is 754. The van der Waals surface area contributed by atoms with E-state index in [9.17, 15) is 4.79 Å². The van der Waals surface area contributed by atoms with Crippen LogP contribution in [0.1, 0.15) is 48.8 Å². The van der Waals surface area contributed by atoms with E-state index in [1.54, 1.807) is 4.90 Å². The molecular weight excluding hydrogens is 306 g/mol. The van der Waals surface area contributed by atoms with Gasteiger partial charge in [-0.3, -0.25) is 9.69 Å². The second kappa shape index (κ2) is 7.69. The van der Waals surface area contributed by atoms with Crippen LogP contribution in [0.15, 0.2) is 49.0 Å². The number of carbonyl (C=O) groups excluding carboxylic acids is 1. The third-order valence-corrected chi connectivity index (χ3v) is 5.27. The maximum atomic E-state index is 11.9. The molecule has 2 heteroatoms. The highest BCUT2D eigenvalue weighted by Crippen LogP contribution is 2.39. The number of allylic oxidation sites excluding steroid dienone is 1. The summed E-state index contributed by atoms with van der Waals surface area (Å²) in [5.41, 5.74) is 6.44. The Hall–Kier alpha value is -2.35. The van der Waals surface area contributed by atoms with Crippen LogP contribution < -0.4 is 4.90 Å². The van der Waals surface area contributed by atoms with Gasteiger partial charge in [0.15, 0.2) is 0 Å². The summed E-state index contributed by atoms with van der Waals surface area (Å²) in [5, 5.41) is 0. The molecule has 0 aromatic heterocycles. The fraction of sp³-hybridized carbons (Fsp3) is 0.348. The molecule has 0 bridgehead atoms. The molecule has 1 saturated carbocycles. The fourth-order valence-electron chi connectivity index (χ4n) is 3.75. The average Bonchev–Trinajstić information content (AvgIpc) is 2.64. The van der Waals surface area contributed by atoms with Gasteiger partial charge in [0, 0.05) is 11.3 Å². The average molecular weight is 333 g/mol. The van der Waals surface area contributed by atoms with Gasteiger partial charge in [-0.05, 0) is 61.9 Å². The van der Waals surface area contributed by atoms with E-state index >= 15 is 0 Å². The monoisotopic (exact) mass is 333 g/mol. The summed E-state index contributed by atoms with van der Waals surface area (Å²) in [4.78, 5) is 13.7. The number of carbonyl (C=O) groups is 1. The zero-order valence-corrected chi connectivity index (χ0v) is 15.3. The molecule has 25 heavy (non-hydrogen) atoms. The Balaban J connectivity index is 2.01. The zero-order valence-electron chi connectivity index (χ0n) is 15.3. The van der Waals surface area contributed by atoms with Crippen molar-refractivity contribution < 1.29 is 4.79 Å². The fourth-order valence-corrected chi connectivity index (χ4v) is 3.75. The maximum absolute atomic E-state index is 11.9. The van der Waals surface area contributed by atoms with E-state index in [1.165, 1.54) is 43.2 Å². The molecule has 2 aromatic carbocycles. The lowest BCUT2D eigenvalue weighted by Crippen LogP contribution is -2.17. The highest BCUT2D eigenvalue weighted by Gasteiger charge is 2.22. The van der Waals surface area contributed by atoms with Crippen LogP contribution >= 0.6 is 0 Å². The molecule has 0 aliphatic heterocycles. The molecule has 1 aliphatic rings. The summed E-state index contributed by atoms with van der Waals surface area (Å²) in [7, 11) is 0. The van der Waals surface area contributed by atoms with Gasteiger partial charge in [0.2, 0.25) is 6.41 Å². The third-order valence-electron chi connectivity index (χ3n) is 5.27. The van der Waals surface area contributed by atoms with Crippen LogP contribution in [-0.2, 0) is 4.79 Å². The Morgan fingerprint density at radius 1 is 1.00 bits per heavy atom. The van der Waals surface area contributed by atoms with Crippen molar-refractivity contribution in [2.45, 2.75) is 46.0 Å². The van der Waals surface area contributed by atoms with Gasteiger partial charge in [-0.15, -0.1) is 0 Å². The summed E-state index contributed by atoms with van der Waals surface area (Å²) >= 11 is 0. The predicted octanol–water partition coefficient (Wildman–Crippen LogP) is 6.19. The number of benzene rings is 2. The van der Waals surface area contributed by atoms with Crippen molar-refractivity contribution in [1.29, 1.82) is 0 Å². The molecule has 1 amide bonds. The minimum atomic E-state index is 0.529. The van der Waals surface area contributed by atoms with Gasteiger partial charge >= 0.3 is 0 Å². The van der Waals surface area contributed by atoms with Crippen molar-refractivity contribution in [3.05, 3.63) is 65.7 Å². The molecule has 0 atom stereocenters. The van der Waals surface area contributed by atoms with E-state index in [2.05, 4.69) is 38.6 Å². The molecule has 130 valence electrons. The number of amides is 1. The van der Waals surface area contributed by atoms with Gasteiger partial charge in [0.25, 0.3) is 0 Å². The predicted molar refractivity (Wildman–Crippen MR) is 106 cm³/mol. The number of anilines is 2. The molecule has 1 aliphatic carbocycles. The normalized spacial score (nSPS) is 15.0. The van der Waals surface area contributed by atoms with Crippen LogP contribution in [0.4, 0.5) is 11.4 Å². The first-order valence-corrected chi connectivity index (χ1v) is 9.21. The van der Waals surface area contributed by atoms with Gasteiger partial charge in [-0.1, -0.05) is 55.7 Å². The minimum Gasteiger partial charge on any atom is -0.283 e. The lowest BCUT2D eigenvalue weighted by Gasteiger charge is -2.28. The van der Waals surface area contributed by atoms with E-state index in [1.807, 2.05) is 24.3 Å². The zero-order chi connectivity index (χ0) is 17.8. The van der Waals surface area contributed by atoms with Gasteiger partial charge in [-0.2, -0.15) is 0 Å². The first-order chi connectivity index (χ1) is 12.1. The molecule has 2 nitrogen and oxygen atoms in total. The molecule has 0 unspecified atom stereocenters. The van der Waals surface area contributed by atoms with Crippen LogP contribution in [0.3, 0.4) is 0 Å². The van der Waals surface area contributed by atoms with E-state index < -0.39 is 0 Å². The van der Waals surface area contributed by atoms with E-state index in [0.717, 1.165) is 28.9 Å². The molecule has 3 rings (SSSR count). The summed E-state index contributed by atoms with van der Waals surface area (Å²) < 4.78 is 0. The summed E-state index contributed by atoms with van der Waals surface area (Å²) in [6.07, 6.45) is 7.21. The first-order valence-electron chi connectivity index (χ1n) is 9.21. The van der Waals surface area contributed by atoms with Crippen molar-refractivity contribution in [3.63, 3.8) is 0 Å². The van der Waals surface area contributed by atoms with Crippen LogP contribution in [0.5, 0.6) is 0 Å². The molecule has 0 heterocycles. The number of hydrogen-bond donors (Lipinski definition) is 0. The van der Waals surface area contributed by atoms with Gasteiger partial charge < -0.3 is 0 Å². The van der Waals surface area contributed by atoms with Gasteiger partial charge in [-0.25, -0.2) is 0 Å². The minimum absolute atomic E-state index is 0.529. The van der Waals surface area contributed by atoms with Crippen molar-refractivity contribution in [1.82, 2.24) is 0 Å². The number of rotatable bonds is 5. The summed E-state index contributed by atoms with van der Waals surface area (Å²) in [6.45, 7) is 8.54. The number of nitrogens with zero attached hydrogens (tertiary/aromatic N) is 1. The molecule has 1 fully saturated rings. The Morgan fingerprint density at radius 2 is 1.64 bits per heavy atom. The molecule has 0 saturated heterocycles. The van der Waals surface area contributed by atoms with Crippen LogP contribution in [-0.4, -0.2) is 6.41 Å². The quantitative estimate of drug-likeness (QED) is 0.597. The van der Waals surface area contributed by atoms with E-state index in [4.69, 9.17) is 0 Å². The summed E-state index contributed by atoms with van der Waals surface area (Å²) in [5.74, 6) is 0.529. The van der Waals surface area contributed by atoms with Gasteiger partial charge in [0.1, 0.15) is 0 Å². The van der Waals surface area contributed by atoms with Crippen molar-refractivity contribution in [3.8, 4) is 0 Å². The van der Waals surface area contributed by atoms with Crippen molar-refractivity contribution >= 4 is 23.4 Å².